The molecule has 0 amide bonds. The van der Waals surface area contributed by atoms with Crippen molar-refractivity contribution in [3.63, 3.8) is 0 Å². The van der Waals surface area contributed by atoms with Crippen LogP contribution in [0.15, 0.2) is 53.2 Å². The van der Waals surface area contributed by atoms with Gasteiger partial charge in [-0.1, -0.05) is 43.7 Å². The van der Waals surface area contributed by atoms with Gasteiger partial charge in [-0.25, -0.2) is 9.37 Å². The summed E-state index contributed by atoms with van der Waals surface area (Å²) in [5.41, 5.74) is 11.1. The maximum absolute atomic E-state index is 14.9. The number of halogens is 1. The molecule has 0 radical (unpaired) electrons. The van der Waals surface area contributed by atoms with Crippen molar-refractivity contribution in [2.45, 2.75) is 63.8 Å². The van der Waals surface area contributed by atoms with Crippen LogP contribution in [0, 0.1) is 23.1 Å². The lowest BCUT2D eigenvalue weighted by Gasteiger charge is -2.39. The molecule has 2 N–H and O–H groups in total. The molecule has 1 aliphatic heterocycles. The first-order chi connectivity index (χ1) is 14.9. The molecule has 3 unspecified atom stereocenters. The predicted octanol–water partition coefficient (Wildman–Crippen LogP) is 5.92. The SMILES string of the molecule is C/C(=C\CC(C)C1=Nc2ccnc(C#N)c2C(C)C1c1ccccc1F)C1(N)CCC1. The van der Waals surface area contributed by atoms with Crippen molar-refractivity contribution in [3.8, 4) is 6.07 Å². The highest BCUT2D eigenvalue weighted by atomic mass is 19.1. The molecule has 1 aromatic heterocycles. The summed E-state index contributed by atoms with van der Waals surface area (Å²) in [6, 6.07) is 10.9. The average Bonchev–Trinajstić information content (AvgIpc) is 2.75. The van der Waals surface area contributed by atoms with Crippen molar-refractivity contribution in [1.82, 2.24) is 4.98 Å². The van der Waals surface area contributed by atoms with Crippen molar-refractivity contribution in [2.75, 3.05) is 0 Å². The van der Waals surface area contributed by atoms with Gasteiger partial charge < -0.3 is 5.73 Å². The minimum atomic E-state index is -0.246. The third-order valence-corrected chi connectivity index (χ3v) is 7.15. The van der Waals surface area contributed by atoms with E-state index in [0.717, 1.165) is 36.2 Å². The van der Waals surface area contributed by atoms with Gasteiger partial charge in [0, 0.05) is 28.9 Å². The number of fused-ring (bicyclic) bond motifs is 1. The zero-order valence-corrected chi connectivity index (χ0v) is 18.4. The first-order valence-corrected chi connectivity index (χ1v) is 11.0. The number of nitriles is 1. The summed E-state index contributed by atoms with van der Waals surface area (Å²) in [7, 11) is 0. The molecule has 160 valence electrons. The van der Waals surface area contributed by atoms with Crippen LogP contribution in [0.4, 0.5) is 10.1 Å². The Morgan fingerprint density at radius 3 is 2.74 bits per heavy atom. The molecular formula is C26H29FN4. The van der Waals surface area contributed by atoms with Gasteiger partial charge in [-0.2, -0.15) is 5.26 Å². The van der Waals surface area contributed by atoms with Crippen LogP contribution in [0.25, 0.3) is 0 Å². The maximum Gasteiger partial charge on any atom is 0.146 e. The normalized spacial score (nSPS) is 23.2. The maximum atomic E-state index is 14.9. The summed E-state index contributed by atoms with van der Waals surface area (Å²) in [5.74, 6) is -0.489. The quantitative estimate of drug-likeness (QED) is 0.615. The number of allylic oxidation sites excluding steroid dienone is 1. The smallest absolute Gasteiger partial charge is 0.146 e. The van der Waals surface area contributed by atoms with E-state index < -0.39 is 0 Å². The first-order valence-electron chi connectivity index (χ1n) is 11.0. The van der Waals surface area contributed by atoms with Gasteiger partial charge in [0.25, 0.3) is 0 Å². The van der Waals surface area contributed by atoms with Gasteiger partial charge in [0.05, 0.1) is 5.69 Å². The number of hydrogen-bond donors (Lipinski definition) is 1. The molecule has 1 aromatic carbocycles. The minimum absolute atomic E-state index is 0.109. The molecule has 2 aromatic rings. The topological polar surface area (TPSA) is 75.1 Å². The molecular weight excluding hydrogens is 387 g/mol. The summed E-state index contributed by atoms with van der Waals surface area (Å²) >= 11 is 0. The Bertz CT molecular complexity index is 1090. The zero-order valence-electron chi connectivity index (χ0n) is 18.4. The zero-order chi connectivity index (χ0) is 22.2. The minimum Gasteiger partial charge on any atom is -0.322 e. The van der Waals surface area contributed by atoms with E-state index in [1.165, 1.54) is 18.1 Å². The molecule has 3 atom stereocenters. The van der Waals surface area contributed by atoms with E-state index >= 15 is 0 Å². The molecule has 31 heavy (non-hydrogen) atoms. The molecule has 1 saturated carbocycles. The molecule has 1 fully saturated rings. The van der Waals surface area contributed by atoms with E-state index in [0.29, 0.717) is 11.3 Å². The predicted molar refractivity (Wildman–Crippen MR) is 122 cm³/mol. The highest BCUT2D eigenvalue weighted by molar-refractivity contribution is 5.98. The van der Waals surface area contributed by atoms with Crippen LogP contribution in [0.3, 0.4) is 0 Å². The lowest BCUT2D eigenvalue weighted by molar-refractivity contribution is 0.297. The van der Waals surface area contributed by atoms with Crippen LogP contribution >= 0.6 is 0 Å². The van der Waals surface area contributed by atoms with Crippen molar-refractivity contribution in [1.29, 1.82) is 5.26 Å². The van der Waals surface area contributed by atoms with Crippen molar-refractivity contribution in [3.05, 3.63) is 70.8 Å². The molecule has 5 heteroatoms. The highest BCUT2D eigenvalue weighted by Gasteiger charge is 2.37. The van der Waals surface area contributed by atoms with Crippen LogP contribution < -0.4 is 5.73 Å². The summed E-state index contributed by atoms with van der Waals surface area (Å²) in [5, 5.41) is 9.59. The standard InChI is InChI=1S/C26H29FN4/c1-16(9-10-17(2)26(29)12-6-13-26)25-23(19-7-4-5-8-20(19)27)18(3)24-21(31-25)11-14-30-22(24)15-28/h4-5,7-8,10-11,14,16,18,23H,6,9,12-13,29H2,1-3H3/b17-10+. The Balaban J connectivity index is 1.76. The molecule has 0 spiro atoms. The number of aromatic nitrogens is 1. The molecule has 0 saturated heterocycles. The van der Waals surface area contributed by atoms with Gasteiger partial charge in [-0.05, 0) is 62.1 Å². The first kappa shape index (κ1) is 21.4. The Kier molecular flexibility index (Phi) is 5.77. The fraction of sp³-hybridized carbons (Fsp3) is 0.423. The summed E-state index contributed by atoms with van der Waals surface area (Å²) < 4.78 is 14.9. The monoisotopic (exact) mass is 416 g/mol. The number of nitrogens with two attached hydrogens (primary N) is 1. The van der Waals surface area contributed by atoms with E-state index in [-0.39, 0.29) is 29.1 Å². The average molecular weight is 417 g/mol. The summed E-state index contributed by atoms with van der Waals surface area (Å²) in [4.78, 5) is 9.21. The van der Waals surface area contributed by atoms with Crippen LogP contribution in [0.2, 0.25) is 0 Å². The number of pyridine rings is 1. The van der Waals surface area contributed by atoms with Crippen LogP contribution in [0.5, 0.6) is 0 Å². The lowest BCUT2D eigenvalue weighted by atomic mass is 9.71. The van der Waals surface area contributed by atoms with Crippen molar-refractivity contribution < 1.29 is 4.39 Å². The highest BCUT2D eigenvalue weighted by Crippen LogP contribution is 2.46. The number of hydrogen-bond acceptors (Lipinski definition) is 4. The summed E-state index contributed by atoms with van der Waals surface area (Å²) in [6.45, 7) is 6.31. The summed E-state index contributed by atoms with van der Waals surface area (Å²) in [6.07, 6.45) is 7.92. The number of aliphatic imine (C=N–C) groups is 1. The van der Waals surface area contributed by atoms with Crippen LogP contribution in [-0.2, 0) is 0 Å². The molecule has 4 nitrogen and oxygen atoms in total. The van der Waals surface area contributed by atoms with E-state index in [9.17, 15) is 9.65 Å². The molecule has 0 bridgehead atoms. The van der Waals surface area contributed by atoms with E-state index in [4.69, 9.17) is 10.7 Å². The van der Waals surface area contributed by atoms with E-state index in [1.807, 2.05) is 25.1 Å². The second-order valence-electron chi connectivity index (χ2n) is 9.06. The van der Waals surface area contributed by atoms with E-state index in [2.05, 4.69) is 31.0 Å². The van der Waals surface area contributed by atoms with Gasteiger partial charge in [0.2, 0.25) is 0 Å². The molecule has 2 aliphatic rings. The fourth-order valence-corrected chi connectivity index (χ4v) is 4.93. The second kappa shape index (κ2) is 8.36. The van der Waals surface area contributed by atoms with Crippen LogP contribution in [-0.4, -0.2) is 16.2 Å². The number of benzene rings is 1. The third kappa shape index (κ3) is 3.81. The van der Waals surface area contributed by atoms with Gasteiger partial charge in [0.1, 0.15) is 17.6 Å². The lowest BCUT2D eigenvalue weighted by Crippen LogP contribution is -2.47. The second-order valence-corrected chi connectivity index (χ2v) is 9.06. The Morgan fingerprint density at radius 1 is 1.35 bits per heavy atom. The largest absolute Gasteiger partial charge is 0.322 e. The van der Waals surface area contributed by atoms with Gasteiger partial charge in [0.15, 0.2) is 0 Å². The fourth-order valence-electron chi connectivity index (χ4n) is 4.93. The third-order valence-electron chi connectivity index (χ3n) is 7.15. The van der Waals surface area contributed by atoms with Crippen LogP contribution in [0.1, 0.15) is 75.1 Å². The Hall–Kier alpha value is -2.84. The Morgan fingerprint density at radius 2 is 2.10 bits per heavy atom. The molecule has 2 heterocycles. The molecule has 4 rings (SSSR count). The van der Waals surface area contributed by atoms with Gasteiger partial charge in [-0.3, -0.25) is 4.99 Å². The number of rotatable bonds is 5. The number of nitrogens with zero attached hydrogens (tertiary/aromatic N) is 3. The van der Waals surface area contributed by atoms with E-state index in [1.54, 1.807) is 12.3 Å². The Labute approximate surface area is 183 Å². The van der Waals surface area contributed by atoms with Crippen molar-refractivity contribution >= 4 is 11.4 Å². The van der Waals surface area contributed by atoms with Crippen molar-refractivity contribution in [2.24, 2.45) is 16.6 Å². The van der Waals surface area contributed by atoms with Gasteiger partial charge >= 0.3 is 0 Å². The van der Waals surface area contributed by atoms with Gasteiger partial charge in [-0.15, -0.1) is 0 Å². The molecule has 1 aliphatic carbocycles.